The summed E-state index contributed by atoms with van der Waals surface area (Å²) in [5, 5.41) is 1.70. The van der Waals surface area contributed by atoms with Crippen LogP contribution in [0.1, 0.15) is 5.01 Å². The van der Waals surface area contributed by atoms with Crippen LogP contribution in [0, 0.1) is 0 Å². The van der Waals surface area contributed by atoms with Gasteiger partial charge in [0.15, 0.2) is 0 Å². The highest BCUT2D eigenvalue weighted by Crippen LogP contribution is 2.29. The van der Waals surface area contributed by atoms with Crippen LogP contribution in [0.4, 0.5) is 0 Å². The normalized spacial score (nSPS) is 19.5. The third-order valence-electron chi connectivity index (χ3n) is 2.46. The zero-order valence-corrected chi connectivity index (χ0v) is 10.4. The molecule has 2 aromatic rings. The van der Waals surface area contributed by atoms with Crippen molar-refractivity contribution in [3.05, 3.63) is 29.3 Å². The lowest BCUT2D eigenvalue weighted by Crippen LogP contribution is -2.26. The lowest BCUT2D eigenvalue weighted by Gasteiger charge is -1.95. The van der Waals surface area contributed by atoms with Crippen molar-refractivity contribution in [3.63, 3.8) is 0 Å². The lowest BCUT2D eigenvalue weighted by molar-refractivity contribution is -0.118. The number of thioether (sulfide) groups is 1. The largest absolute Gasteiger partial charge is 0.368 e. The standard InChI is InChI=1S/C11H9N3OS2/c12-9(15)7-5-16-10(14-7)11-13-6-3-1-2-4-8(6)17-11/h1-4,7H,5H2,(H2,12,15)/t7-/m1/s1. The first-order valence-electron chi connectivity index (χ1n) is 5.10. The fourth-order valence-corrected chi connectivity index (χ4v) is 3.68. The Morgan fingerprint density at radius 2 is 2.24 bits per heavy atom. The fraction of sp³-hybridized carbons (Fsp3) is 0.182. The number of amides is 1. The SMILES string of the molecule is NC(=O)[C@H]1CSC(c2nc3ccccc3s2)=N1. The molecule has 0 bridgehead atoms. The number of hydrogen-bond donors (Lipinski definition) is 1. The van der Waals surface area contributed by atoms with Gasteiger partial charge in [-0.05, 0) is 12.1 Å². The van der Waals surface area contributed by atoms with E-state index in [0.29, 0.717) is 5.75 Å². The predicted molar refractivity (Wildman–Crippen MR) is 71.6 cm³/mol. The Labute approximate surface area is 106 Å². The molecule has 1 aromatic heterocycles. The maximum Gasteiger partial charge on any atom is 0.243 e. The Hall–Kier alpha value is -1.40. The molecule has 6 heteroatoms. The summed E-state index contributed by atoms with van der Waals surface area (Å²) in [5.41, 5.74) is 6.21. The van der Waals surface area contributed by atoms with E-state index in [0.717, 1.165) is 20.3 Å². The van der Waals surface area contributed by atoms with Crippen LogP contribution in [0.25, 0.3) is 10.2 Å². The number of rotatable bonds is 2. The topological polar surface area (TPSA) is 68.3 Å². The Kier molecular flexibility index (Phi) is 2.60. The number of nitrogens with zero attached hydrogens (tertiary/aromatic N) is 2. The van der Waals surface area contributed by atoms with Crippen molar-refractivity contribution in [2.75, 3.05) is 5.75 Å². The van der Waals surface area contributed by atoms with E-state index in [1.165, 1.54) is 0 Å². The van der Waals surface area contributed by atoms with Crippen molar-refractivity contribution in [2.24, 2.45) is 10.7 Å². The van der Waals surface area contributed by atoms with Gasteiger partial charge in [-0.25, -0.2) is 4.98 Å². The van der Waals surface area contributed by atoms with Crippen LogP contribution in [-0.2, 0) is 4.79 Å². The maximum absolute atomic E-state index is 11.0. The van der Waals surface area contributed by atoms with E-state index in [4.69, 9.17) is 5.73 Å². The molecular weight excluding hydrogens is 254 g/mol. The molecule has 0 aliphatic carbocycles. The first-order chi connectivity index (χ1) is 8.24. The maximum atomic E-state index is 11.0. The third-order valence-corrected chi connectivity index (χ3v) is 4.68. The molecule has 1 aliphatic rings. The Balaban J connectivity index is 1.99. The molecule has 1 aliphatic heterocycles. The molecule has 1 aromatic carbocycles. The van der Waals surface area contributed by atoms with Crippen LogP contribution >= 0.6 is 23.1 Å². The van der Waals surface area contributed by atoms with Gasteiger partial charge >= 0.3 is 0 Å². The van der Waals surface area contributed by atoms with Gasteiger partial charge in [-0.15, -0.1) is 23.1 Å². The molecular formula is C11H9N3OS2. The van der Waals surface area contributed by atoms with Crippen LogP contribution in [0.15, 0.2) is 29.3 Å². The lowest BCUT2D eigenvalue weighted by atomic mass is 10.3. The van der Waals surface area contributed by atoms with Crippen LogP contribution in [0.5, 0.6) is 0 Å². The number of para-hydroxylation sites is 1. The number of fused-ring (bicyclic) bond motifs is 1. The number of aromatic nitrogens is 1. The molecule has 86 valence electrons. The zero-order valence-electron chi connectivity index (χ0n) is 8.79. The van der Waals surface area contributed by atoms with Crippen LogP contribution in [0.3, 0.4) is 0 Å². The van der Waals surface area contributed by atoms with Crippen molar-refractivity contribution in [2.45, 2.75) is 6.04 Å². The second-order valence-corrected chi connectivity index (χ2v) is 5.69. The first-order valence-corrected chi connectivity index (χ1v) is 6.90. The molecule has 0 radical (unpaired) electrons. The van der Waals surface area contributed by atoms with Gasteiger partial charge in [0.05, 0.1) is 10.2 Å². The van der Waals surface area contributed by atoms with E-state index in [2.05, 4.69) is 9.98 Å². The minimum Gasteiger partial charge on any atom is -0.368 e. The van der Waals surface area contributed by atoms with E-state index < -0.39 is 6.04 Å². The summed E-state index contributed by atoms with van der Waals surface area (Å²) in [4.78, 5) is 19.8. The molecule has 1 amide bonds. The highest BCUT2D eigenvalue weighted by molar-refractivity contribution is 8.15. The van der Waals surface area contributed by atoms with Gasteiger partial charge in [0.1, 0.15) is 16.1 Å². The molecule has 4 nitrogen and oxygen atoms in total. The van der Waals surface area contributed by atoms with Crippen molar-refractivity contribution < 1.29 is 4.79 Å². The predicted octanol–water partition coefficient (Wildman–Crippen LogP) is 1.64. The number of thiazole rings is 1. The van der Waals surface area contributed by atoms with Crippen LogP contribution < -0.4 is 5.73 Å². The zero-order chi connectivity index (χ0) is 11.8. The van der Waals surface area contributed by atoms with Crippen molar-refractivity contribution in [1.29, 1.82) is 0 Å². The molecule has 0 saturated carbocycles. The number of aliphatic imine (C=N–C) groups is 1. The minimum absolute atomic E-state index is 0.367. The molecule has 3 rings (SSSR count). The second-order valence-electron chi connectivity index (χ2n) is 3.65. The van der Waals surface area contributed by atoms with Gasteiger partial charge in [0, 0.05) is 5.75 Å². The average molecular weight is 263 g/mol. The Morgan fingerprint density at radius 1 is 1.41 bits per heavy atom. The van der Waals surface area contributed by atoms with E-state index in [-0.39, 0.29) is 5.91 Å². The monoisotopic (exact) mass is 263 g/mol. The van der Waals surface area contributed by atoms with Crippen molar-refractivity contribution in [3.8, 4) is 0 Å². The second kappa shape index (κ2) is 4.12. The number of primary amides is 1. The summed E-state index contributed by atoms with van der Waals surface area (Å²) in [6.07, 6.45) is 0. The smallest absolute Gasteiger partial charge is 0.243 e. The number of nitrogens with two attached hydrogens (primary N) is 1. The van der Waals surface area contributed by atoms with Crippen LogP contribution in [0.2, 0.25) is 0 Å². The fourth-order valence-electron chi connectivity index (χ4n) is 1.60. The number of carbonyl (C=O) groups excluding carboxylic acids is 1. The van der Waals surface area contributed by atoms with Gasteiger partial charge in [-0.3, -0.25) is 9.79 Å². The number of carbonyl (C=O) groups is 1. The van der Waals surface area contributed by atoms with E-state index in [9.17, 15) is 4.79 Å². The van der Waals surface area contributed by atoms with E-state index >= 15 is 0 Å². The molecule has 2 heterocycles. The summed E-state index contributed by atoms with van der Waals surface area (Å²) in [6.45, 7) is 0. The van der Waals surface area contributed by atoms with Crippen molar-refractivity contribution in [1.82, 2.24) is 4.98 Å². The molecule has 2 N–H and O–H groups in total. The molecule has 0 unspecified atom stereocenters. The van der Waals surface area contributed by atoms with Gasteiger partial charge in [-0.1, -0.05) is 12.1 Å². The van der Waals surface area contributed by atoms with Gasteiger partial charge < -0.3 is 5.73 Å². The Morgan fingerprint density at radius 3 is 2.94 bits per heavy atom. The average Bonchev–Trinajstić information content (AvgIpc) is 2.95. The third kappa shape index (κ3) is 1.94. The highest BCUT2D eigenvalue weighted by atomic mass is 32.2. The highest BCUT2D eigenvalue weighted by Gasteiger charge is 2.25. The summed E-state index contributed by atoms with van der Waals surface area (Å²) >= 11 is 3.14. The van der Waals surface area contributed by atoms with E-state index in [1.54, 1.807) is 23.1 Å². The Bertz CT molecular complexity index is 587. The minimum atomic E-state index is -0.401. The van der Waals surface area contributed by atoms with Gasteiger partial charge in [0.25, 0.3) is 0 Å². The van der Waals surface area contributed by atoms with Gasteiger partial charge in [0.2, 0.25) is 5.91 Å². The number of hydrogen-bond acceptors (Lipinski definition) is 5. The molecule has 0 saturated heterocycles. The molecule has 0 spiro atoms. The van der Waals surface area contributed by atoms with Crippen molar-refractivity contribution >= 4 is 44.3 Å². The molecule has 17 heavy (non-hydrogen) atoms. The molecule has 1 atom stereocenters. The van der Waals surface area contributed by atoms with E-state index in [1.807, 2.05) is 24.3 Å². The summed E-state index contributed by atoms with van der Waals surface area (Å²) < 4.78 is 1.13. The number of benzene rings is 1. The van der Waals surface area contributed by atoms with Gasteiger partial charge in [-0.2, -0.15) is 0 Å². The summed E-state index contributed by atoms with van der Waals surface area (Å²) in [5.74, 6) is 0.259. The van der Waals surface area contributed by atoms with Crippen LogP contribution in [-0.4, -0.2) is 27.7 Å². The quantitative estimate of drug-likeness (QED) is 0.895. The summed E-state index contributed by atoms with van der Waals surface area (Å²) in [6, 6.07) is 7.55. The summed E-state index contributed by atoms with van der Waals surface area (Å²) in [7, 11) is 0. The molecule has 0 fully saturated rings. The first kappa shape index (κ1) is 10.7.